The minimum atomic E-state index is -4.75. The maximum Gasteiger partial charge on any atom is 0.402 e. The van der Waals surface area contributed by atoms with Crippen LogP contribution in [0.3, 0.4) is 0 Å². The van der Waals surface area contributed by atoms with Crippen molar-refractivity contribution in [3.63, 3.8) is 0 Å². The molecular weight excluding hydrogens is 727 g/mol. The molecule has 1 spiro atoms. The van der Waals surface area contributed by atoms with E-state index in [1.807, 2.05) is 19.9 Å². The first-order chi connectivity index (χ1) is 27.3. The third kappa shape index (κ3) is 3.98. The van der Waals surface area contributed by atoms with E-state index in [-0.39, 0.29) is 47.9 Å². The van der Waals surface area contributed by atoms with Gasteiger partial charge in [-0.2, -0.15) is 26.3 Å². The number of aryl methyl sites for hydroxylation is 1. The molecule has 0 saturated carbocycles. The summed E-state index contributed by atoms with van der Waals surface area (Å²) >= 11 is 0. The van der Waals surface area contributed by atoms with Crippen molar-refractivity contribution in [3.05, 3.63) is 178 Å². The first kappa shape index (κ1) is 35.1. The molecule has 0 fully saturated rings. The molecule has 0 N–H and O–H groups in total. The second-order valence-electron chi connectivity index (χ2n) is 17.7. The highest BCUT2D eigenvalue weighted by Gasteiger charge is 2.74. The van der Waals surface area contributed by atoms with Crippen molar-refractivity contribution >= 4 is 0 Å². The summed E-state index contributed by atoms with van der Waals surface area (Å²) in [7, 11) is 0. The maximum atomic E-state index is 17.2. The molecule has 0 nitrogen and oxygen atoms in total. The monoisotopic (exact) mass is 766 g/mol. The molecule has 0 radical (unpaired) electrons. The van der Waals surface area contributed by atoms with E-state index in [1.54, 1.807) is 97.1 Å². The lowest BCUT2D eigenvalue weighted by Gasteiger charge is -2.60. The highest BCUT2D eigenvalue weighted by Crippen LogP contribution is 2.75. The van der Waals surface area contributed by atoms with Gasteiger partial charge in [-0.05, 0) is 127 Å². The third-order valence-corrected chi connectivity index (χ3v) is 15.6. The summed E-state index contributed by atoms with van der Waals surface area (Å²) in [5, 5.41) is 0. The summed E-state index contributed by atoms with van der Waals surface area (Å²) in [4.78, 5) is 0. The Morgan fingerprint density at radius 1 is 0.509 bits per heavy atom. The molecule has 286 valence electrons. The van der Waals surface area contributed by atoms with Crippen molar-refractivity contribution in [1.82, 2.24) is 0 Å². The molecule has 3 atom stereocenters. The Morgan fingerprint density at radius 3 is 1.46 bits per heavy atom. The lowest BCUT2D eigenvalue weighted by atomic mass is 9.42. The van der Waals surface area contributed by atoms with Crippen LogP contribution in [0, 0.1) is 10.8 Å². The Kier molecular flexibility index (Phi) is 6.83. The van der Waals surface area contributed by atoms with Crippen LogP contribution in [-0.2, 0) is 29.1 Å². The van der Waals surface area contributed by atoms with Gasteiger partial charge in [-0.15, -0.1) is 0 Å². The van der Waals surface area contributed by atoms with Gasteiger partial charge in [0.1, 0.15) is 10.8 Å². The molecule has 0 amide bonds. The molecule has 7 aliphatic carbocycles. The van der Waals surface area contributed by atoms with E-state index in [4.69, 9.17) is 0 Å². The number of hydrogen-bond acceptors (Lipinski definition) is 0. The van der Waals surface area contributed by atoms with Gasteiger partial charge in [0.25, 0.3) is 0 Å². The molecular formula is C51H40F6. The van der Waals surface area contributed by atoms with E-state index in [1.165, 1.54) is 0 Å². The quantitative estimate of drug-likeness (QED) is 0.157. The van der Waals surface area contributed by atoms with Gasteiger partial charge in [-0.3, -0.25) is 0 Å². The number of halogens is 6. The van der Waals surface area contributed by atoms with Gasteiger partial charge in [-0.25, -0.2) is 0 Å². The summed E-state index contributed by atoms with van der Waals surface area (Å²) in [5.41, 5.74) is -0.0791. The van der Waals surface area contributed by atoms with Gasteiger partial charge in [0.15, 0.2) is 0 Å². The van der Waals surface area contributed by atoms with Crippen molar-refractivity contribution in [1.29, 1.82) is 0 Å². The van der Waals surface area contributed by atoms with Crippen LogP contribution in [0.5, 0.6) is 0 Å². The van der Waals surface area contributed by atoms with Crippen LogP contribution in [0.2, 0.25) is 0 Å². The van der Waals surface area contributed by atoms with Crippen LogP contribution in [0.15, 0.2) is 133 Å². The first-order valence-corrected chi connectivity index (χ1v) is 20.1. The Bertz CT molecular complexity index is 2590. The smallest absolute Gasteiger partial charge is 0.170 e. The normalized spacial score (nSPS) is 25.2. The minimum absolute atomic E-state index is 0.0271. The van der Waals surface area contributed by atoms with Gasteiger partial charge in [0, 0.05) is 5.41 Å². The van der Waals surface area contributed by atoms with E-state index in [0.717, 1.165) is 33.4 Å². The zero-order valence-electron chi connectivity index (χ0n) is 31.7. The lowest BCUT2D eigenvalue weighted by Crippen LogP contribution is -2.61. The Morgan fingerprint density at radius 2 is 0.965 bits per heavy atom. The van der Waals surface area contributed by atoms with Crippen LogP contribution in [-0.4, -0.2) is 12.4 Å². The molecule has 3 unspecified atom stereocenters. The second kappa shape index (κ2) is 11.1. The lowest BCUT2D eigenvalue weighted by molar-refractivity contribution is -0.219. The average molecular weight is 767 g/mol. The zero-order valence-corrected chi connectivity index (χ0v) is 31.7. The minimum Gasteiger partial charge on any atom is -0.170 e. The van der Waals surface area contributed by atoms with Crippen molar-refractivity contribution in [3.8, 4) is 33.4 Å². The molecule has 6 aromatic carbocycles. The molecule has 7 bridgehead atoms. The predicted molar refractivity (Wildman–Crippen MR) is 212 cm³/mol. The standard InChI is InChI=1S/C51H40F6/c1-3-46(49(51(55,56)57)43-18-10-6-14-35(43)36-15-7-11-19-44(36)49)28-32-21-23-42-38(27-32)37-26-31-20-22-41(37)47(42,30-46)45(2,25-24-31)29-48(50(52,53)54)39-16-8-4-12-33(39)34-13-5-9-17-40(34)48/h4-23,26-27H,3,24-25,28-30H2,1-2H3. The number of hydrogen-bond donors (Lipinski definition) is 0. The summed E-state index contributed by atoms with van der Waals surface area (Å²) in [6.45, 7) is 3.87. The number of rotatable bonds is 4. The molecule has 13 rings (SSSR count). The zero-order chi connectivity index (χ0) is 39.4. The molecule has 57 heavy (non-hydrogen) atoms. The Hall–Kier alpha value is -5.10. The molecule has 6 aromatic rings. The van der Waals surface area contributed by atoms with Crippen molar-refractivity contribution in [2.45, 2.75) is 81.0 Å². The van der Waals surface area contributed by atoms with E-state index in [2.05, 4.69) is 30.3 Å². The van der Waals surface area contributed by atoms with Gasteiger partial charge < -0.3 is 0 Å². The van der Waals surface area contributed by atoms with Crippen molar-refractivity contribution in [2.75, 3.05) is 0 Å². The molecule has 0 aromatic heterocycles. The first-order valence-electron chi connectivity index (χ1n) is 20.1. The fourth-order valence-corrected chi connectivity index (χ4v) is 13.4. The topological polar surface area (TPSA) is 0 Å². The molecule has 0 aliphatic heterocycles. The van der Waals surface area contributed by atoms with Crippen LogP contribution < -0.4 is 0 Å². The predicted octanol–water partition coefficient (Wildman–Crippen LogP) is 13.7. The van der Waals surface area contributed by atoms with Crippen LogP contribution in [0.1, 0.15) is 84.0 Å². The van der Waals surface area contributed by atoms with Crippen molar-refractivity contribution < 1.29 is 26.3 Å². The fraction of sp³-hybridized carbons (Fsp3) is 0.294. The highest BCUT2D eigenvalue weighted by atomic mass is 19.4. The Labute approximate surface area is 328 Å². The summed E-state index contributed by atoms with van der Waals surface area (Å²) in [6.07, 6.45) is -8.59. The van der Waals surface area contributed by atoms with Gasteiger partial charge in [-0.1, -0.05) is 147 Å². The largest absolute Gasteiger partial charge is 0.402 e. The molecule has 7 aliphatic rings. The fourth-order valence-electron chi connectivity index (χ4n) is 13.4. The SMILES string of the molecule is CCC1(C2(C(F)(F)F)c3ccccc3-c3ccccc32)Cc2ccc3c(c2)-c2cc4ccc2C3(C1)C(C)(CC1(C(F)(F)F)c2ccccc2-c2ccccc21)CC4. The van der Waals surface area contributed by atoms with Crippen molar-refractivity contribution in [2.24, 2.45) is 10.8 Å². The summed E-state index contributed by atoms with van der Waals surface area (Å²) < 4.78 is 102. The van der Waals surface area contributed by atoms with Crippen LogP contribution in [0.4, 0.5) is 26.3 Å². The van der Waals surface area contributed by atoms with Gasteiger partial charge >= 0.3 is 12.4 Å². The summed E-state index contributed by atoms with van der Waals surface area (Å²) in [5.74, 6) is 0. The second-order valence-corrected chi connectivity index (χ2v) is 17.7. The van der Waals surface area contributed by atoms with Gasteiger partial charge in [0.2, 0.25) is 0 Å². The average Bonchev–Trinajstić information content (AvgIpc) is 3.78. The van der Waals surface area contributed by atoms with E-state index in [0.29, 0.717) is 35.1 Å². The molecule has 6 heteroatoms. The van der Waals surface area contributed by atoms with Crippen LogP contribution >= 0.6 is 0 Å². The van der Waals surface area contributed by atoms with Crippen LogP contribution in [0.25, 0.3) is 33.4 Å². The number of alkyl halides is 6. The maximum absolute atomic E-state index is 17.2. The van der Waals surface area contributed by atoms with Gasteiger partial charge in [0.05, 0.1) is 0 Å². The highest BCUT2D eigenvalue weighted by molar-refractivity contribution is 5.86. The summed E-state index contributed by atoms with van der Waals surface area (Å²) in [6, 6.07) is 40.1. The number of fused-ring (bicyclic) bond motifs is 12. The third-order valence-electron chi connectivity index (χ3n) is 15.6. The van der Waals surface area contributed by atoms with E-state index >= 15 is 26.3 Å². The molecule has 0 saturated heterocycles. The number of benzene rings is 6. The molecule has 0 heterocycles. The van der Waals surface area contributed by atoms with E-state index in [9.17, 15) is 0 Å². The Balaban J connectivity index is 1.25. The van der Waals surface area contributed by atoms with E-state index < -0.39 is 39.4 Å².